The Kier molecular flexibility index (Phi) is 8.09. The van der Waals surface area contributed by atoms with Gasteiger partial charge in [-0.25, -0.2) is 13.1 Å². The van der Waals surface area contributed by atoms with E-state index in [0.717, 1.165) is 51.0 Å². The Hall–Kier alpha value is -1.44. The molecule has 29 heavy (non-hydrogen) atoms. The summed E-state index contributed by atoms with van der Waals surface area (Å²) >= 11 is 0. The van der Waals surface area contributed by atoms with E-state index in [4.69, 9.17) is 0 Å². The predicted molar refractivity (Wildman–Crippen MR) is 115 cm³/mol. The van der Waals surface area contributed by atoms with E-state index in [-0.39, 0.29) is 16.8 Å². The van der Waals surface area contributed by atoms with Crippen LogP contribution in [-0.4, -0.2) is 51.4 Å². The van der Waals surface area contributed by atoms with Gasteiger partial charge in [0, 0.05) is 18.2 Å². The fourth-order valence-corrected chi connectivity index (χ4v) is 5.54. The molecule has 0 radical (unpaired) electrons. The Morgan fingerprint density at radius 2 is 1.83 bits per heavy atom. The van der Waals surface area contributed by atoms with Crippen molar-refractivity contribution in [2.45, 2.75) is 69.2 Å². The van der Waals surface area contributed by atoms with Crippen LogP contribution in [0.15, 0.2) is 29.2 Å². The largest absolute Gasteiger partial charge is 0.352 e. The molecular weight excluding hydrogens is 386 g/mol. The van der Waals surface area contributed by atoms with E-state index in [0.29, 0.717) is 12.1 Å². The zero-order valence-corrected chi connectivity index (χ0v) is 18.3. The molecule has 7 heteroatoms. The van der Waals surface area contributed by atoms with Crippen molar-refractivity contribution in [1.29, 1.82) is 0 Å². The molecule has 1 aromatic rings. The van der Waals surface area contributed by atoms with E-state index in [9.17, 15) is 13.2 Å². The molecule has 1 aliphatic heterocycles. The van der Waals surface area contributed by atoms with Crippen LogP contribution in [-0.2, 0) is 10.0 Å². The number of carbonyl (C=O) groups is 1. The highest BCUT2D eigenvalue weighted by molar-refractivity contribution is 7.89. The van der Waals surface area contributed by atoms with Crippen molar-refractivity contribution in [3.63, 3.8) is 0 Å². The van der Waals surface area contributed by atoms with Crippen LogP contribution >= 0.6 is 0 Å². The SMILES string of the molecule is CC1CCN(CCCCNC(=O)c2cccc(S(=O)(=O)NC3CCCC3)c2)CC1. The van der Waals surface area contributed by atoms with Gasteiger partial charge in [-0.3, -0.25) is 4.79 Å². The summed E-state index contributed by atoms with van der Waals surface area (Å²) in [4.78, 5) is 15.1. The first kappa shape index (κ1) is 22.2. The van der Waals surface area contributed by atoms with Gasteiger partial charge < -0.3 is 10.2 Å². The van der Waals surface area contributed by atoms with Gasteiger partial charge in [0.2, 0.25) is 10.0 Å². The van der Waals surface area contributed by atoms with Gasteiger partial charge in [0.25, 0.3) is 5.91 Å². The molecule has 2 N–H and O–H groups in total. The summed E-state index contributed by atoms with van der Waals surface area (Å²) in [5.41, 5.74) is 0.393. The molecule has 1 saturated carbocycles. The summed E-state index contributed by atoms with van der Waals surface area (Å²) in [7, 11) is -3.58. The molecule has 162 valence electrons. The smallest absolute Gasteiger partial charge is 0.251 e. The zero-order valence-electron chi connectivity index (χ0n) is 17.5. The van der Waals surface area contributed by atoms with Crippen LogP contribution in [0.3, 0.4) is 0 Å². The number of piperidine rings is 1. The number of sulfonamides is 1. The van der Waals surface area contributed by atoms with E-state index >= 15 is 0 Å². The van der Waals surface area contributed by atoms with Crippen LogP contribution < -0.4 is 10.0 Å². The summed E-state index contributed by atoms with van der Waals surface area (Å²) in [5, 5.41) is 2.92. The molecule has 1 amide bonds. The molecule has 0 bridgehead atoms. The van der Waals surface area contributed by atoms with E-state index < -0.39 is 10.0 Å². The molecule has 2 fully saturated rings. The van der Waals surface area contributed by atoms with Crippen molar-refractivity contribution in [1.82, 2.24) is 14.9 Å². The van der Waals surface area contributed by atoms with E-state index in [1.54, 1.807) is 18.2 Å². The standard InChI is InChI=1S/C22H35N3O3S/c1-18-11-15-25(16-12-18)14-5-4-13-23-22(26)19-7-6-10-21(17-19)29(27,28)24-20-8-2-3-9-20/h6-7,10,17-18,20,24H,2-5,8-9,11-16H2,1H3,(H,23,26). The average molecular weight is 422 g/mol. The summed E-state index contributed by atoms with van der Waals surface area (Å²) in [6.45, 7) is 6.38. The molecule has 1 heterocycles. The molecule has 0 spiro atoms. The highest BCUT2D eigenvalue weighted by Crippen LogP contribution is 2.21. The molecule has 2 aliphatic rings. The Morgan fingerprint density at radius 3 is 2.55 bits per heavy atom. The molecule has 1 aromatic carbocycles. The normalized spacial score (nSPS) is 19.5. The van der Waals surface area contributed by atoms with Gasteiger partial charge in [0.15, 0.2) is 0 Å². The maximum atomic E-state index is 12.6. The van der Waals surface area contributed by atoms with Gasteiger partial charge >= 0.3 is 0 Å². The number of amides is 1. The summed E-state index contributed by atoms with van der Waals surface area (Å²) in [6, 6.07) is 6.34. The lowest BCUT2D eigenvalue weighted by Gasteiger charge is -2.30. The Bertz CT molecular complexity index is 767. The van der Waals surface area contributed by atoms with Gasteiger partial charge in [-0.05, 0) is 82.3 Å². The minimum atomic E-state index is -3.58. The Labute approximate surface area is 175 Å². The maximum absolute atomic E-state index is 12.6. The summed E-state index contributed by atoms with van der Waals surface area (Å²) in [5.74, 6) is 0.633. The highest BCUT2D eigenvalue weighted by atomic mass is 32.2. The van der Waals surface area contributed by atoms with Gasteiger partial charge in [-0.2, -0.15) is 0 Å². The molecule has 1 saturated heterocycles. The minimum Gasteiger partial charge on any atom is -0.352 e. The lowest BCUT2D eigenvalue weighted by atomic mass is 9.99. The van der Waals surface area contributed by atoms with Crippen LogP contribution in [0.25, 0.3) is 0 Å². The first-order valence-corrected chi connectivity index (χ1v) is 12.6. The van der Waals surface area contributed by atoms with Gasteiger partial charge in [-0.1, -0.05) is 25.8 Å². The highest BCUT2D eigenvalue weighted by Gasteiger charge is 2.23. The van der Waals surface area contributed by atoms with Crippen molar-refractivity contribution in [2.75, 3.05) is 26.2 Å². The number of likely N-dealkylation sites (tertiary alicyclic amines) is 1. The van der Waals surface area contributed by atoms with Crippen LogP contribution in [0.5, 0.6) is 0 Å². The number of hydrogen-bond acceptors (Lipinski definition) is 4. The third-order valence-corrected chi connectivity index (χ3v) is 7.66. The zero-order chi connectivity index (χ0) is 20.7. The predicted octanol–water partition coefficient (Wildman–Crippen LogP) is 3.15. The van der Waals surface area contributed by atoms with E-state index in [1.807, 2.05) is 0 Å². The first-order chi connectivity index (χ1) is 13.9. The number of hydrogen-bond donors (Lipinski definition) is 2. The van der Waals surface area contributed by atoms with Crippen LogP contribution in [0, 0.1) is 5.92 Å². The summed E-state index contributed by atoms with van der Waals surface area (Å²) in [6.07, 6.45) is 8.45. The van der Waals surface area contributed by atoms with Gasteiger partial charge in [0.1, 0.15) is 0 Å². The van der Waals surface area contributed by atoms with E-state index in [2.05, 4.69) is 21.9 Å². The number of carbonyl (C=O) groups excluding carboxylic acids is 1. The molecule has 1 aliphatic carbocycles. The number of rotatable bonds is 9. The number of nitrogens with one attached hydrogen (secondary N) is 2. The molecule has 6 nitrogen and oxygen atoms in total. The van der Waals surface area contributed by atoms with Crippen LogP contribution in [0.2, 0.25) is 0 Å². The summed E-state index contributed by atoms with van der Waals surface area (Å²) < 4.78 is 27.9. The third kappa shape index (κ3) is 6.79. The second-order valence-corrected chi connectivity index (χ2v) is 10.3. The topological polar surface area (TPSA) is 78.5 Å². The molecule has 3 rings (SSSR count). The molecule has 0 aromatic heterocycles. The van der Waals surface area contributed by atoms with Crippen molar-refractivity contribution >= 4 is 15.9 Å². The quantitative estimate of drug-likeness (QED) is 0.601. The maximum Gasteiger partial charge on any atom is 0.251 e. The first-order valence-electron chi connectivity index (χ1n) is 11.1. The lowest BCUT2D eigenvalue weighted by molar-refractivity contribution is 0.0952. The van der Waals surface area contributed by atoms with Gasteiger partial charge in [-0.15, -0.1) is 0 Å². The Balaban J connectivity index is 1.43. The van der Waals surface area contributed by atoms with Crippen molar-refractivity contribution < 1.29 is 13.2 Å². The fourth-order valence-electron chi connectivity index (χ4n) is 4.19. The number of benzene rings is 1. The van der Waals surface area contributed by atoms with Crippen molar-refractivity contribution in [3.8, 4) is 0 Å². The third-order valence-electron chi connectivity index (χ3n) is 6.15. The van der Waals surface area contributed by atoms with Crippen molar-refractivity contribution in [3.05, 3.63) is 29.8 Å². The second kappa shape index (κ2) is 10.5. The molecular formula is C22H35N3O3S. The van der Waals surface area contributed by atoms with Crippen molar-refractivity contribution in [2.24, 2.45) is 5.92 Å². The Morgan fingerprint density at radius 1 is 1.10 bits per heavy atom. The minimum absolute atomic E-state index is 0.0144. The molecule has 0 unspecified atom stereocenters. The fraction of sp³-hybridized carbons (Fsp3) is 0.682. The number of unbranched alkanes of at least 4 members (excludes halogenated alkanes) is 1. The average Bonchev–Trinajstić information content (AvgIpc) is 3.21. The lowest BCUT2D eigenvalue weighted by Crippen LogP contribution is -2.34. The molecule has 0 atom stereocenters. The second-order valence-electron chi connectivity index (χ2n) is 8.62. The van der Waals surface area contributed by atoms with Gasteiger partial charge in [0.05, 0.1) is 4.90 Å². The van der Waals surface area contributed by atoms with Crippen LogP contribution in [0.4, 0.5) is 0 Å². The number of nitrogens with zero attached hydrogens (tertiary/aromatic N) is 1. The monoisotopic (exact) mass is 421 g/mol. The van der Waals surface area contributed by atoms with E-state index in [1.165, 1.54) is 32.0 Å². The van der Waals surface area contributed by atoms with Crippen LogP contribution in [0.1, 0.15) is 68.6 Å².